The van der Waals surface area contributed by atoms with E-state index < -0.39 is 6.10 Å². The van der Waals surface area contributed by atoms with Crippen LogP contribution in [0, 0.1) is 0 Å². The van der Waals surface area contributed by atoms with Gasteiger partial charge in [0.25, 0.3) is 5.91 Å². The van der Waals surface area contributed by atoms with Gasteiger partial charge in [0.15, 0.2) is 6.10 Å². The van der Waals surface area contributed by atoms with Crippen molar-refractivity contribution < 1.29 is 14.3 Å². The number of carbonyl (C=O) groups is 1. The Morgan fingerprint density at radius 2 is 2.09 bits per heavy atom. The molecule has 0 heterocycles. The van der Waals surface area contributed by atoms with Crippen molar-refractivity contribution >= 4 is 17.7 Å². The Hall–Kier alpha value is -1.36. The first-order valence-corrected chi connectivity index (χ1v) is 8.94. The maximum absolute atomic E-state index is 12.0. The largest absolute Gasteiger partial charge is 0.497 e. The van der Waals surface area contributed by atoms with Crippen molar-refractivity contribution in [3.63, 3.8) is 0 Å². The molecule has 1 saturated carbocycles. The van der Waals surface area contributed by atoms with Crippen LogP contribution in [0.1, 0.15) is 32.6 Å². The number of rotatable bonds is 8. The van der Waals surface area contributed by atoms with Crippen LogP contribution in [0.25, 0.3) is 0 Å². The van der Waals surface area contributed by atoms with Crippen LogP contribution in [0.15, 0.2) is 24.3 Å². The number of thioether (sulfide) groups is 1. The number of hydrogen-bond acceptors (Lipinski definition) is 4. The summed E-state index contributed by atoms with van der Waals surface area (Å²) in [5.74, 6) is 2.26. The maximum Gasteiger partial charge on any atom is 0.260 e. The number of hydrogen-bond donors (Lipinski definition) is 1. The Morgan fingerprint density at radius 1 is 1.36 bits per heavy atom. The molecule has 0 radical (unpaired) electrons. The second kappa shape index (κ2) is 8.93. The number of carbonyl (C=O) groups excluding carboxylic acids is 1. The summed E-state index contributed by atoms with van der Waals surface area (Å²) in [4.78, 5) is 12.0. The molecule has 2 rings (SSSR count). The fourth-order valence-electron chi connectivity index (χ4n) is 2.53. The Morgan fingerprint density at radius 3 is 2.82 bits per heavy atom. The molecule has 1 fully saturated rings. The third-order valence-corrected chi connectivity index (χ3v) is 5.16. The molecule has 1 N–H and O–H groups in total. The van der Waals surface area contributed by atoms with Gasteiger partial charge in [-0.3, -0.25) is 4.79 Å². The van der Waals surface area contributed by atoms with Gasteiger partial charge in [-0.05, 0) is 31.9 Å². The zero-order valence-corrected chi connectivity index (χ0v) is 14.2. The van der Waals surface area contributed by atoms with Crippen LogP contribution in [-0.4, -0.2) is 36.7 Å². The summed E-state index contributed by atoms with van der Waals surface area (Å²) in [5.41, 5.74) is 0. The van der Waals surface area contributed by atoms with Gasteiger partial charge in [-0.1, -0.05) is 18.9 Å². The third kappa shape index (κ3) is 5.44. The van der Waals surface area contributed by atoms with E-state index in [1.807, 2.05) is 30.0 Å². The van der Waals surface area contributed by atoms with E-state index in [-0.39, 0.29) is 5.91 Å². The molecule has 1 amide bonds. The maximum atomic E-state index is 12.0. The van der Waals surface area contributed by atoms with Crippen LogP contribution in [0.4, 0.5) is 0 Å². The van der Waals surface area contributed by atoms with Gasteiger partial charge in [0, 0.05) is 23.6 Å². The summed E-state index contributed by atoms with van der Waals surface area (Å²) < 4.78 is 10.8. The summed E-state index contributed by atoms with van der Waals surface area (Å²) in [6.07, 6.45) is 4.86. The first-order valence-electron chi connectivity index (χ1n) is 7.89. The highest BCUT2D eigenvalue weighted by molar-refractivity contribution is 7.99. The van der Waals surface area contributed by atoms with Gasteiger partial charge >= 0.3 is 0 Å². The SMILES string of the molecule is COc1cccc(O[C@H](C)C(=O)NCCSC2CCCC2)c1. The molecular formula is C17H25NO3S. The Balaban J connectivity index is 1.67. The normalized spacial score (nSPS) is 16.3. The van der Waals surface area contributed by atoms with Crippen molar-refractivity contribution in [3.8, 4) is 11.5 Å². The predicted octanol–water partition coefficient (Wildman–Crippen LogP) is 3.25. The van der Waals surface area contributed by atoms with E-state index in [4.69, 9.17) is 9.47 Å². The number of ether oxygens (including phenoxy) is 2. The second-order valence-corrected chi connectivity index (χ2v) is 6.92. The van der Waals surface area contributed by atoms with Crippen molar-refractivity contribution in [1.82, 2.24) is 5.32 Å². The van der Waals surface area contributed by atoms with E-state index >= 15 is 0 Å². The first-order chi connectivity index (χ1) is 10.7. The minimum atomic E-state index is -0.511. The fraction of sp³-hybridized carbons (Fsp3) is 0.588. The lowest BCUT2D eigenvalue weighted by atomic mass is 10.3. The van der Waals surface area contributed by atoms with Gasteiger partial charge in [-0.15, -0.1) is 0 Å². The quantitative estimate of drug-likeness (QED) is 0.746. The topological polar surface area (TPSA) is 47.6 Å². The molecule has 0 spiro atoms. The lowest BCUT2D eigenvalue weighted by molar-refractivity contribution is -0.127. The second-order valence-electron chi connectivity index (χ2n) is 5.51. The molecular weight excluding hydrogens is 298 g/mol. The molecule has 4 nitrogen and oxygen atoms in total. The molecule has 0 aliphatic heterocycles. The predicted molar refractivity (Wildman–Crippen MR) is 90.8 cm³/mol. The fourth-order valence-corrected chi connectivity index (χ4v) is 3.75. The summed E-state index contributed by atoms with van der Waals surface area (Å²) >= 11 is 1.97. The Labute approximate surface area is 137 Å². The summed E-state index contributed by atoms with van der Waals surface area (Å²) in [6, 6.07) is 7.29. The molecule has 0 saturated heterocycles. The molecule has 1 aliphatic rings. The molecule has 0 unspecified atom stereocenters. The highest BCUT2D eigenvalue weighted by Crippen LogP contribution is 2.28. The summed E-state index contributed by atoms with van der Waals surface area (Å²) in [6.45, 7) is 2.46. The van der Waals surface area contributed by atoms with E-state index in [1.54, 1.807) is 20.1 Å². The highest BCUT2D eigenvalue weighted by atomic mass is 32.2. The number of amides is 1. The Kier molecular flexibility index (Phi) is 6.90. The molecule has 1 atom stereocenters. The minimum absolute atomic E-state index is 0.0742. The lowest BCUT2D eigenvalue weighted by Gasteiger charge is -2.15. The van der Waals surface area contributed by atoms with Crippen LogP contribution in [0.3, 0.4) is 0 Å². The van der Waals surface area contributed by atoms with Gasteiger partial charge in [0.2, 0.25) is 0 Å². The minimum Gasteiger partial charge on any atom is -0.497 e. The van der Waals surface area contributed by atoms with Gasteiger partial charge in [-0.25, -0.2) is 0 Å². The van der Waals surface area contributed by atoms with Crippen molar-refractivity contribution in [1.29, 1.82) is 0 Å². The van der Waals surface area contributed by atoms with Crippen LogP contribution >= 0.6 is 11.8 Å². The average molecular weight is 323 g/mol. The average Bonchev–Trinajstić information content (AvgIpc) is 3.04. The molecule has 122 valence electrons. The zero-order valence-electron chi connectivity index (χ0n) is 13.3. The highest BCUT2D eigenvalue weighted by Gasteiger charge is 2.16. The molecule has 22 heavy (non-hydrogen) atoms. The molecule has 0 bridgehead atoms. The van der Waals surface area contributed by atoms with Crippen LogP contribution in [0.2, 0.25) is 0 Å². The molecule has 5 heteroatoms. The van der Waals surface area contributed by atoms with Gasteiger partial charge in [0.05, 0.1) is 7.11 Å². The third-order valence-electron chi connectivity index (χ3n) is 3.78. The monoisotopic (exact) mass is 323 g/mol. The van der Waals surface area contributed by atoms with Crippen molar-refractivity contribution in [2.24, 2.45) is 0 Å². The first kappa shape index (κ1) is 17.0. The van der Waals surface area contributed by atoms with Crippen molar-refractivity contribution in [3.05, 3.63) is 24.3 Å². The van der Waals surface area contributed by atoms with Gasteiger partial charge in [0.1, 0.15) is 11.5 Å². The van der Waals surface area contributed by atoms with Crippen LogP contribution in [0.5, 0.6) is 11.5 Å². The van der Waals surface area contributed by atoms with Crippen LogP contribution < -0.4 is 14.8 Å². The molecule has 1 aromatic carbocycles. The Bertz CT molecular complexity index is 475. The zero-order chi connectivity index (χ0) is 15.8. The van der Waals surface area contributed by atoms with E-state index in [0.717, 1.165) is 16.8 Å². The van der Waals surface area contributed by atoms with Crippen LogP contribution in [-0.2, 0) is 4.79 Å². The van der Waals surface area contributed by atoms with Crippen molar-refractivity contribution in [2.45, 2.75) is 44.0 Å². The molecule has 1 aromatic rings. The van der Waals surface area contributed by atoms with E-state index in [0.29, 0.717) is 12.3 Å². The van der Waals surface area contributed by atoms with E-state index in [1.165, 1.54) is 25.7 Å². The molecule has 1 aliphatic carbocycles. The van der Waals surface area contributed by atoms with Gasteiger partial charge < -0.3 is 14.8 Å². The molecule has 0 aromatic heterocycles. The summed E-state index contributed by atoms with van der Waals surface area (Å²) in [5, 5.41) is 3.73. The lowest BCUT2D eigenvalue weighted by Crippen LogP contribution is -2.37. The van der Waals surface area contributed by atoms with E-state index in [2.05, 4.69) is 5.32 Å². The number of methoxy groups -OCH3 is 1. The van der Waals surface area contributed by atoms with Gasteiger partial charge in [-0.2, -0.15) is 11.8 Å². The smallest absolute Gasteiger partial charge is 0.260 e. The standard InChI is InChI=1S/C17H25NO3S/c1-13(21-15-7-5-6-14(12-15)20-2)17(19)18-10-11-22-16-8-3-4-9-16/h5-7,12-13,16H,3-4,8-11H2,1-2H3,(H,18,19)/t13-/m1/s1. The van der Waals surface area contributed by atoms with E-state index in [9.17, 15) is 4.79 Å². The number of nitrogens with one attached hydrogen (secondary N) is 1. The summed E-state index contributed by atoms with van der Waals surface area (Å²) in [7, 11) is 1.61. The number of benzene rings is 1. The van der Waals surface area contributed by atoms with Crippen molar-refractivity contribution in [2.75, 3.05) is 19.4 Å².